The highest BCUT2D eigenvalue weighted by atomic mass is 32.2. The number of carbonyl (C=O) groups is 1. The molecule has 0 heterocycles. The highest BCUT2D eigenvalue weighted by molar-refractivity contribution is 7.90. The lowest BCUT2D eigenvalue weighted by atomic mass is 9.80. The minimum absolute atomic E-state index is 0.0987. The molecule has 1 aromatic rings. The molecule has 0 aliphatic heterocycles. The molecule has 2 rings (SSSR count). The van der Waals surface area contributed by atoms with Gasteiger partial charge in [0.15, 0.2) is 9.84 Å². The summed E-state index contributed by atoms with van der Waals surface area (Å²) >= 11 is 0. The highest BCUT2D eigenvalue weighted by Crippen LogP contribution is 2.33. The van der Waals surface area contributed by atoms with E-state index >= 15 is 0 Å². The van der Waals surface area contributed by atoms with Crippen molar-refractivity contribution in [1.82, 2.24) is 0 Å². The van der Waals surface area contributed by atoms with Crippen LogP contribution < -0.4 is 0 Å². The molecule has 5 nitrogen and oxygen atoms in total. The second-order valence-electron chi connectivity index (χ2n) is 5.85. The number of hydrogen-bond acceptors (Lipinski definition) is 4. The Labute approximate surface area is 124 Å². The molecule has 21 heavy (non-hydrogen) atoms. The molecule has 1 aliphatic carbocycles. The van der Waals surface area contributed by atoms with Gasteiger partial charge < -0.3 is 10.2 Å². The van der Waals surface area contributed by atoms with Crippen molar-refractivity contribution in [2.24, 2.45) is 5.92 Å². The van der Waals surface area contributed by atoms with Gasteiger partial charge in [0.25, 0.3) is 0 Å². The van der Waals surface area contributed by atoms with Gasteiger partial charge in [-0.15, -0.1) is 0 Å². The van der Waals surface area contributed by atoms with Crippen LogP contribution in [0.4, 0.5) is 0 Å². The summed E-state index contributed by atoms with van der Waals surface area (Å²) in [5.41, 5.74) is -0.597. The molecule has 0 aromatic heterocycles. The predicted molar refractivity (Wildman–Crippen MR) is 78.5 cm³/mol. The molecule has 0 saturated heterocycles. The first kappa shape index (κ1) is 16.0. The molecule has 116 valence electrons. The summed E-state index contributed by atoms with van der Waals surface area (Å²) in [6.45, 7) is 0. The molecule has 1 aromatic carbocycles. The van der Waals surface area contributed by atoms with Crippen LogP contribution in [0.5, 0.6) is 0 Å². The number of aliphatic hydroxyl groups is 1. The Kier molecular flexibility index (Phi) is 4.68. The third kappa shape index (κ3) is 4.54. The first-order valence-corrected chi connectivity index (χ1v) is 8.81. The van der Waals surface area contributed by atoms with Crippen LogP contribution in [0.1, 0.15) is 31.2 Å². The molecule has 1 fully saturated rings. The molecule has 0 amide bonds. The Morgan fingerprint density at radius 2 is 1.76 bits per heavy atom. The zero-order valence-electron chi connectivity index (χ0n) is 11.7. The van der Waals surface area contributed by atoms with Crippen molar-refractivity contribution in [2.75, 3.05) is 5.75 Å². The predicted octanol–water partition coefficient (Wildman–Crippen LogP) is 1.61. The minimum atomic E-state index is -3.43. The van der Waals surface area contributed by atoms with Gasteiger partial charge >= 0.3 is 5.97 Å². The maximum atomic E-state index is 12.2. The number of rotatable bonds is 5. The van der Waals surface area contributed by atoms with Gasteiger partial charge in [0.05, 0.1) is 23.0 Å². The molecule has 6 heteroatoms. The standard InChI is InChI=1S/C15H20O5S/c16-14(17)13-6-8-15(18,9-7-13)11-21(19,20)10-12-4-2-1-3-5-12/h1-5,13,18H,6-11H2,(H,16,17). The molecule has 2 N–H and O–H groups in total. The number of hydrogen-bond donors (Lipinski definition) is 2. The van der Waals surface area contributed by atoms with Crippen molar-refractivity contribution < 1.29 is 23.4 Å². The number of carboxylic acid groups (broad SMARTS) is 1. The summed E-state index contributed by atoms with van der Waals surface area (Å²) in [6, 6.07) is 8.85. The van der Waals surface area contributed by atoms with Crippen LogP contribution in [0.15, 0.2) is 30.3 Å². The van der Waals surface area contributed by atoms with Crippen LogP contribution in [0.3, 0.4) is 0 Å². The van der Waals surface area contributed by atoms with Gasteiger partial charge in [0.1, 0.15) is 0 Å². The zero-order valence-corrected chi connectivity index (χ0v) is 12.6. The molecular formula is C15H20O5S. The molecule has 0 atom stereocenters. The van der Waals surface area contributed by atoms with E-state index in [1.165, 1.54) is 0 Å². The lowest BCUT2D eigenvalue weighted by molar-refractivity contribution is -0.144. The lowest BCUT2D eigenvalue weighted by Gasteiger charge is -2.34. The van der Waals surface area contributed by atoms with Gasteiger partial charge in [-0.3, -0.25) is 4.79 Å². The first-order chi connectivity index (χ1) is 9.80. The van der Waals surface area contributed by atoms with Gasteiger partial charge in [-0.25, -0.2) is 8.42 Å². The third-order valence-electron chi connectivity index (χ3n) is 3.98. The SMILES string of the molecule is O=C(O)C1CCC(O)(CS(=O)(=O)Cc2ccccc2)CC1. The topological polar surface area (TPSA) is 91.7 Å². The minimum Gasteiger partial charge on any atom is -0.481 e. The fourth-order valence-electron chi connectivity index (χ4n) is 2.83. The van der Waals surface area contributed by atoms with Crippen molar-refractivity contribution in [1.29, 1.82) is 0 Å². The Morgan fingerprint density at radius 3 is 2.29 bits per heavy atom. The summed E-state index contributed by atoms with van der Waals surface area (Å²) in [5, 5.41) is 19.3. The highest BCUT2D eigenvalue weighted by Gasteiger charge is 2.39. The average molecular weight is 312 g/mol. The number of sulfone groups is 1. The van der Waals surface area contributed by atoms with Crippen molar-refractivity contribution in [3.05, 3.63) is 35.9 Å². The Morgan fingerprint density at radius 1 is 1.19 bits per heavy atom. The number of aliphatic carboxylic acids is 1. The van der Waals surface area contributed by atoms with Crippen molar-refractivity contribution in [2.45, 2.75) is 37.0 Å². The summed E-state index contributed by atoms with van der Waals surface area (Å²) < 4.78 is 24.4. The number of benzene rings is 1. The smallest absolute Gasteiger partial charge is 0.306 e. The molecule has 0 spiro atoms. The van der Waals surface area contributed by atoms with E-state index in [1.54, 1.807) is 24.3 Å². The van der Waals surface area contributed by atoms with Gasteiger partial charge in [0, 0.05) is 0 Å². The van der Waals surface area contributed by atoms with E-state index in [0.29, 0.717) is 18.4 Å². The van der Waals surface area contributed by atoms with Gasteiger partial charge in [-0.05, 0) is 31.2 Å². The van der Waals surface area contributed by atoms with E-state index in [4.69, 9.17) is 5.11 Å². The summed E-state index contributed by atoms with van der Waals surface area (Å²) in [4.78, 5) is 10.9. The second-order valence-corrected chi connectivity index (χ2v) is 7.92. The van der Waals surface area contributed by atoms with E-state index in [1.807, 2.05) is 6.07 Å². The Balaban J connectivity index is 1.98. The van der Waals surface area contributed by atoms with Crippen LogP contribution in [-0.2, 0) is 20.4 Å². The Bertz CT molecular complexity index is 586. The average Bonchev–Trinajstić information content (AvgIpc) is 2.38. The molecular weight excluding hydrogens is 292 g/mol. The monoisotopic (exact) mass is 312 g/mol. The fraction of sp³-hybridized carbons (Fsp3) is 0.533. The fourth-order valence-corrected chi connectivity index (χ4v) is 4.74. The van der Waals surface area contributed by atoms with Gasteiger partial charge in [0.2, 0.25) is 0 Å². The lowest BCUT2D eigenvalue weighted by Crippen LogP contribution is -2.42. The van der Waals surface area contributed by atoms with E-state index in [2.05, 4.69) is 0 Å². The van der Waals surface area contributed by atoms with Crippen molar-refractivity contribution in [3.63, 3.8) is 0 Å². The van der Waals surface area contributed by atoms with Crippen LogP contribution in [0.2, 0.25) is 0 Å². The quantitative estimate of drug-likeness (QED) is 0.862. The summed E-state index contributed by atoms with van der Waals surface area (Å²) in [7, 11) is -3.43. The van der Waals surface area contributed by atoms with Crippen molar-refractivity contribution >= 4 is 15.8 Å². The maximum Gasteiger partial charge on any atom is 0.306 e. The van der Waals surface area contributed by atoms with E-state index < -0.39 is 27.3 Å². The number of carboxylic acids is 1. The molecule has 0 bridgehead atoms. The van der Waals surface area contributed by atoms with Crippen LogP contribution in [0.25, 0.3) is 0 Å². The molecule has 1 saturated carbocycles. The normalized spacial score (nSPS) is 26.4. The summed E-state index contributed by atoms with van der Waals surface area (Å²) in [5.74, 6) is -1.74. The summed E-state index contributed by atoms with van der Waals surface area (Å²) in [6.07, 6.45) is 1.09. The largest absolute Gasteiger partial charge is 0.481 e. The van der Waals surface area contributed by atoms with E-state index in [0.717, 1.165) is 0 Å². The zero-order chi connectivity index (χ0) is 15.5. The second kappa shape index (κ2) is 6.15. The van der Waals surface area contributed by atoms with Crippen LogP contribution in [-0.4, -0.2) is 36.0 Å². The van der Waals surface area contributed by atoms with Crippen LogP contribution >= 0.6 is 0 Å². The third-order valence-corrected chi connectivity index (χ3v) is 5.73. The van der Waals surface area contributed by atoms with E-state index in [-0.39, 0.29) is 24.3 Å². The van der Waals surface area contributed by atoms with E-state index in [9.17, 15) is 18.3 Å². The molecule has 1 aliphatic rings. The van der Waals surface area contributed by atoms with Gasteiger partial charge in [-0.2, -0.15) is 0 Å². The molecule has 0 radical (unpaired) electrons. The van der Waals surface area contributed by atoms with Crippen molar-refractivity contribution in [3.8, 4) is 0 Å². The first-order valence-electron chi connectivity index (χ1n) is 6.99. The van der Waals surface area contributed by atoms with Gasteiger partial charge in [-0.1, -0.05) is 30.3 Å². The van der Waals surface area contributed by atoms with Crippen LogP contribution in [0, 0.1) is 5.92 Å². The Hall–Kier alpha value is -1.40. The maximum absolute atomic E-state index is 12.2. The molecule has 0 unspecified atom stereocenters.